The number of aliphatic hydroxyl groups excluding tert-OH is 1. The molecule has 32 heavy (non-hydrogen) atoms. The van der Waals surface area contributed by atoms with Crippen LogP contribution in [-0.4, -0.2) is 42.3 Å². The first kappa shape index (κ1) is 25.7. The van der Waals surface area contributed by atoms with Gasteiger partial charge in [0.1, 0.15) is 6.10 Å². The maximum absolute atomic E-state index is 12.4. The van der Waals surface area contributed by atoms with Gasteiger partial charge in [0.25, 0.3) is 0 Å². The number of rotatable bonds is 11. The van der Waals surface area contributed by atoms with E-state index in [1.807, 2.05) is 0 Å². The van der Waals surface area contributed by atoms with Crippen LogP contribution in [0.4, 0.5) is 0 Å². The van der Waals surface area contributed by atoms with Crippen molar-refractivity contribution in [1.29, 1.82) is 0 Å². The molecular weight excluding hydrogens is 404 g/mol. The second kappa shape index (κ2) is 14.4. The number of hydrogen-bond donors (Lipinski definition) is 1. The first-order valence-electron chi connectivity index (χ1n) is 13.5. The highest BCUT2D eigenvalue weighted by molar-refractivity contribution is 5.69. The molecule has 184 valence electrons. The number of carbonyl (C=O) groups is 1. The van der Waals surface area contributed by atoms with Crippen LogP contribution in [-0.2, 0) is 19.0 Å². The van der Waals surface area contributed by atoms with E-state index in [4.69, 9.17) is 14.2 Å². The molecule has 5 heteroatoms. The summed E-state index contributed by atoms with van der Waals surface area (Å²) in [6, 6.07) is 0. The number of hydrogen-bond acceptors (Lipinski definition) is 5. The molecule has 1 saturated carbocycles. The summed E-state index contributed by atoms with van der Waals surface area (Å²) in [7, 11) is 0. The van der Waals surface area contributed by atoms with Crippen LogP contribution in [0, 0.1) is 11.8 Å². The van der Waals surface area contributed by atoms with Crippen molar-refractivity contribution in [1.82, 2.24) is 0 Å². The SMILES string of the molecule is CCCCCCCC(O)CC[C@@H]1[C@H]2CC=CCCCC(=O)O[C@H]2C[C@H]1OC1CCCCO1. The Morgan fingerprint density at radius 2 is 2.00 bits per heavy atom. The Hall–Kier alpha value is -0.910. The number of allylic oxidation sites excluding steroid dienone is 2. The molecule has 0 spiro atoms. The van der Waals surface area contributed by atoms with Gasteiger partial charge in [-0.25, -0.2) is 0 Å². The van der Waals surface area contributed by atoms with Gasteiger partial charge in [-0.15, -0.1) is 0 Å². The van der Waals surface area contributed by atoms with Crippen molar-refractivity contribution >= 4 is 5.97 Å². The molecule has 0 bridgehead atoms. The van der Waals surface area contributed by atoms with Crippen molar-refractivity contribution < 1.29 is 24.1 Å². The Morgan fingerprint density at radius 3 is 2.81 bits per heavy atom. The largest absolute Gasteiger partial charge is 0.462 e. The summed E-state index contributed by atoms with van der Waals surface area (Å²) >= 11 is 0. The number of unbranched alkanes of at least 4 members (excludes halogenated alkanes) is 4. The normalized spacial score (nSPS) is 32.3. The van der Waals surface area contributed by atoms with Crippen LogP contribution in [0.2, 0.25) is 0 Å². The topological polar surface area (TPSA) is 65.0 Å². The number of carbonyl (C=O) groups excluding carboxylic acids is 1. The summed E-state index contributed by atoms with van der Waals surface area (Å²) in [6.45, 7) is 3.00. The first-order chi connectivity index (χ1) is 15.7. The number of aliphatic hydroxyl groups is 1. The van der Waals surface area contributed by atoms with Gasteiger partial charge in [0, 0.05) is 25.4 Å². The molecule has 3 aliphatic rings. The molecule has 3 rings (SSSR count). The average Bonchev–Trinajstić information content (AvgIpc) is 3.10. The van der Waals surface area contributed by atoms with Crippen LogP contribution in [0.15, 0.2) is 12.2 Å². The zero-order valence-corrected chi connectivity index (χ0v) is 20.2. The van der Waals surface area contributed by atoms with E-state index in [-0.39, 0.29) is 42.4 Å². The minimum absolute atomic E-state index is 0.0341. The third-order valence-corrected chi connectivity index (χ3v) is 7.52. The van der Waals surface area contributed by atoms with E-state index in [9.17, 15) is 9.90 Å². The fourth-order valence-electron chi connectivity index (χ4n) is 5.64. The van der Waals surface area contributed by atoms with E-state index in [0.29, 0.717) is 6.42 Å². The van der Waals surface area contributed by atoms with Crippen LogP contribution in [0.3, 0.4) is 0 Å². The Balaban J connectivity index is 1.59. The van der Waals surface area contributed by atoms with Crippen LogP contribution in [0.5, 0.6) is 0 Å². The van der Waals surface area contributed by atoms with Gasteiger partial charge in [0.15, 0.2) is 6.29 Å². The molecule has 2 aliphatic heterocycles. The summed E-state index contributed by atoms with van der Waals surface area (Å²) in [5.74, 6) is 0.478. The maximum atomic E-state index is 12.4. The molecule has 6 atom stereocenters. The monoisotopic (exact) mass is 450 g/mol. The Morgan fingerprint density at radius 1 is 1.12 bits per heavy atom. The Kier molecular flexibility index (Phi) is 11.5. The lowest BCUT2D eigenvalue weighted by molar-refractivity contribution is -0.196. The minimum atomic E-state index is -0.250. The second-order valence-electron chi connectivity index (χ2n) is 10.1. The van der Waals surface area contributed by atoms with Crippen molar-refractivity contribution in [2.24, 2.45) is 11.8 Å². The van der Waals surface area contributed by atoms with E-state index in [1.54, 1.807) is 0 Å². The highest BCUT2D eigenvalue weighted by Crippen LogP contribution is 2.43. The molecular formula is C27H46O5. The van der Waals surface area contributed by atoms with Crippen molar-refractivity contribution in [3.8, 4) is 0 Å². The van der Waals surface area contributed by atoms with E-state index >= 15 is 0 Å². The van der Waals surface area contributed by atoms with E-state index in [1.165, 1.54) is 25.7 Å². The van der Waals surface area contributed by atoms with Crippen LogP contribution in [0.1, 0.15) is 110 Å². The van der Waals surface area contributed by atoms with Gasteiger partial charge in [-0.3, -0.25) is 4.79 Å². The average molecular weight is 451 g/mol. The summed E-state index contributed by atoms with van der Waals surface area (Å²) in [5, 5.41) is 10.6. The highest BCUT2D eigenvalue weighted by Gasteiger charge is 2.46. The summed E-state index contributed by atoms with van der Waals surface area (Å²) in [4.78, 5) is 12.4. The van der Waals surface area contributed by atoms with Gasteiger partial charge in [-0.1, -0.05) is 51.2 Å². The summed E-state index contributed by atoms with van der Waals surface area (Å²) in [6.07, 6.45) is 19.9. The third-order valence-electron chi connectivity index (χ3n) is 7.52. The predicted molar refractivity (Wildman–Crippen MR) is 126 cm³/mol. The minimum Gasteiger partial charge on any atom is -0.462 e. The lowest BCUT2D eigenvalue weighted by Gasteiger charge is -2.30. The van der Waals surface area contributed by atoms with Gasteiger partial charge >= 0.3 is 5.97 Å². The van der Waals surface area contributed by atoms with Gasteiger partial charge < -0.3 is 19.3 Å². The lowest BCUT2D eigenvalue weighted by atomic mass is 9.85. The zero-order valence-electron chi connectivity index (χ0n) is 20.2. The quantitative estimate of drug-likeness (QED) is 0.235. The molecule has 0 aromatic carbocycles. The van der Waals surface area contributed by atoms with Crippen molar-refractivity contribution in [2.75, 3.05) is 6.61 Å². The van der Waals surface area contributed by atoms with Crippen molar-refractivity contribution in [3.63, 3.8) is 0 Å². The molecule has 0 aromatic rings. The highest BCUT2D eigenvalue weighted by atomic mass is 16.7. The van der Waals surface area contributed by atoms with Gasteiger partial charge in [0.2, 0.25) is 0 Å². The maximum Gasteiger partial charge on any atom is 0.306 e. The lowest BCUT2D eigenvalue weighted by Crippen LogP contribution is -2.32. The van der Waals surface area contributed by atoms with Crippen LogP contribution in [0.25, 0.3) is 0 Å². The molecule has 1 saturated heterocycles. The zero-order chi connectivity index (χ0) is 22.6. The fourth-order valence-corrected chi connectivity index (χ4v) is 5.64. The smallest absolute Gasteiger partial charge is 0.306 e. The first-order valence-corrected chi connectivity index (χ1v) is 13.5. The van der Waals surface area contributed by atoms with E-state index in [0.717, 1.165) is 77.2 Å². The van der Waals surface area contributed by atoms with Gasteiger partial charge in [-0.2, -0.15) is 0 Å². The predicted octanol–water partition coefficient (Wildman–Crippen LogP) is 6.08. The third kappa shape index (κ3) is 8.46. The second-order valence-corrected chi connectivity index (χ2v) is 10.1. The van der Waals surface area contributed by atoms with E-state index < -0.39 is 0 Å². The molecule has 5 nitrogen and oxygen atoms in total. The Bertz CT molecular complexity index is 556. The van der Waals surface area contributed by atoms with Crippen molar-refractivity contribution in [2.45, 2.75) is 134 Å². The molecule has 2 heterocycles. The fraction of sp³-hybridized carbons (Fsp3) is 0.889. The van der Waals surface area contributed by atoms with Crippen LogP contribution < -0.4 is 0 Å². The van der Waals surface area contributed by atoms with Crippen molar-refractivity contribution in [3.05, 3.63) is 12.2 Å². The summed E-state index contributed by atoms with van der Waals surface area (Å²) in [5.41, 5.74) is 0. The molecule has 0 aromatic heterocycles. The summed E-state index contributed by atoms with van der Waals surface area (Å²) < 4.78 is 18.3. The van der Waals surface area contributed by atoms with Gasteiger partial charge in [0.05, 0.1) is 12.2 Å². The molecule has 2 fully saturated rings. The Labute approximate surface area is 195 Å². The molecule has 2 unspecified atom stereocenters. The molecule has 0 radical (unpaired) electrons. The van der Waals surface area contributed by atoms with Crippen LogP contribution >= 0.6 is 0 Å². The molecule has 1 N–H and O–H groups in total. The molecule has 0 amide bonds. The van der Waals surface area contributed by atoms with Gasteiger partial charge in [-0.05, 0) is 63.7 Å². The molecule has 1 aliphatic carbocycles. The van der Waals surface area contributed by atoms with E-state index in [2.05, 4.69) is 19.1 Å². The number of fused-ring (bicyclic) bond motifs is 1. The number of esters is 1. The standard InChI is InChI=1S/C27H46O5/c1-2-3-4-5-8-13-21(28)17-18-23-22-14-9-6-7-10-15-26(29)31-24(22)20-25(23)32-27-16-11-12-19-30-27/h6,9,21-25,27-28H,2-5,7-8,10-20H2,1H3/t21?,22-,23-,24+,25-,27?/m1/s1. The number of ether oxygens (including phenoxy) is 3.